The van der Waals surface area contributed by atoms with Gasteiger partial charge in [-0.3, -0.25) is 14.8 Å². The molecule has 4 rings (SSSR count). The van der Waals surface area contributed by atoms with Gasteiger partial charge in [-0.2, -0.15) is 0 Å². The van der Waals surface area contributed by atoms with E-state index < -0.39 is 41.5 Å². The van der Waals surface area contributed by atoms with Gasteiger partial charge in [-0.25, -0.2) is 18.6 Å². The van der Waals surface area contributed by atoms with Crippen molar-refractivity contribution in [3.05, 3.63) is 87.8 Å². The lowest BCUT2D eigenvalue weighted by Gasteiger charge is -2.20. The first-order valence-electron chi connectivity index (χ1n) is 9.07. The van der Waals surface area contributed by atoms with Crippen molar-refractivity contribution in [2.75, 3.05) is 0 Å². The maximum absolute atomic E-state index is 14.4. The number of nitrogens with one attached hydrogen (secondary N) is 2. The fourth-order valence-corrected chi connectivity index (χ4v) is 2.99. The Morgan fingerprint density at radius 3 is 2.61 bits per heavy atom. The number of hydrogen-bond acceptors (Lipinski definition) is 6. The summed E-state index contributed by atoms with van der Waals surface area (Å²) in [4.78, 5) is 34.1. The number of H-pyrrole nitrogens is 1. The van der Waals surface area contributed by atoms with Crippen molar-refractivity contribution in [2.45, 2.75) is 12.4 Å². The number of oxazole rings is 1. The van der Waals surface area contributed by atoms with Gasteiger partial charge < -0.3 is 14.5 Å². The third-order valence-electron chi connectivity index (χ3n) is 4.37. The molecule has 1 amide bonds. The molecule has 0 saturated carbocycles. The molecule has 0 unspecified atom stereocenters. The van der Waals surface area contributed by atoms with Gasteiger partial charge >= 0.3 is 12.1 Å². The van der Waals surface area contributed by atoms with Gasteiger partial charge in [-0.15, -0.1) is 13.2 Å². The molecule has 0 saturated heterocycles. The Balaban J connectivity index is 1.71. The molecule has 0 aliphatic carbocycles. The average Bonchev–Trinajstić information content (AvgIpc) is 3.12. The molecule has 0 radical (unpaired) electrons. The highest BCUT2D eigenvalue weighted by Crippen LogP contribution is 2.30. The number of carbonyl (C=O) groups excluding carboxylic acids is 1. The molecule has 0 bridgehead atoms. The number of halogens is 5. The van der Waals surface area contributed by atoms with Crippen LogP contribution in [0.4, 0.5) is 22.0 Å². The molecular weight excluding hydrogens is 455 g/mol. The molecule has 1 atom stereocenters. The lowest BCUT2D eigenvalue weighted by atomic mass is 10.0. The third kappa shape index (κ3) is 4.81. The summed E-state index contributed by atoms with van der Waals surface area (Å²) in [5.41, 5.74) is -0.616. The van der Waals surface area contributed by atoms with Crippen molar-refractivity contribution in [1.82, 2.24) is 20.3 Å². The lowest BCUT2D eigenvalue weighted by molar-refractivity contribution is -0.275. The molecule has 0 aliphatic heterocycles. The Bertz CT molecular complexity index is 1400. The van der Waals surface area contributed by atoms with E-state index in [1.54, 1.807) is 0 Å². The van der Waals surface area contributed by atoms with E-state index in [2.05, 4.69) is 25.0 Å². The van der Waals surface area contributed by atoms with E-state index >= 15 is 0 Å². The standard InChI is InChI=1S/C20H11F5N4O4/c21-10-2-1-7-26-16(10)15(9-3-6-14(11(22)8-9)33-20(23,24)25)29-17(30)12-4-5-13-18(27-12)32-19(31)28-13/h1-8,15H,(H,28,31)(H,29,30)/t15-/m0/s1. The summed E-state index contributed by atoms with van der Waals surface area (Å²) in [5.74, 6) is -5.03. The zero-order chi connectivity index (χ0) is 23.8. The van der Waals surface area contributed by atoms with Crippen LogP contribution in [0.1, 0.15) is 27.8 Å². The monoisotopic (exact) mass is 466 g/mol. The van der Waals surface area contributed by atoms with Gasteiger partial charge in [0.1, 0.15) is 22.7 Å². The number of carbonyl (C=O) groups is 1. The van der Waals surface area contributed by atoms with Crippen molar-refractivity contribution in [3.63, 3.8) is 0 Å². The van der Waals surface area contributed by atoms with Crippen LogP contribution in [-0.2, 0) is 0 Å². The molecule has 3 aromatic heterocycles. The van der Waals surface area contributed by atoms with E-state index in [9.17, 15) is 31.5 Å². The fraction of sp³-hybridized carbons (Fsp3) is 0.100. The van der Waals surface area contributed by atoms with Crippen molar-refractivity contribution in [1.29, 1.82) is 0 Å². The number of benzene rings is 1. The number of aromatic nitrogens is 3. The summed E-state index contributed by atoms with van der Waals surface area (Å²) in [6, 6.07) is 5.87. The summed E-state index contributed by atoms with van der Waals surface area (Å²) < 4.78 is 74.4. The quantitative estimate of drug-likeness (QED) is 0.435. The first-order chi connectivity index (χ1) is 15.6. The van der Waals surface area contributed by atoms with Crippen LogP contribution in [0.3, 0.4) is 0 Å². The normalized spacial score (nSPS) is 12.5. The van der Waals surface area contributed by atoms with E-state index in [1.807, 2.05) is 0 Å². The van der Waals surface area contributed by atoms with Gasteiger partial charge in [0.15, 0.2) is 11.6 Å². The Hall–Kier alpha value is -4.29. The minimum atomic E-state index is -5.12. The van der Waals surface area contributed by atoms with Crippen LogP contribution in [0.2, 0.25) is 0 Å². The second-order valence-electron chi connectivity index (χ2n) is 6.58. The molecular formula is C20H11F5N4O4. The molecule has 3 heterocycles. The maximum Gasteiger partial charge on any atom is 0.573 e. The summed E-state index contributed by atoms with van der Waals surface area (Å²) in [5, 5.41) is 2.41. The molecule has 0 aliphatic rings. The Labute approximate surface area is 180 Å². The number of nitrogens with zero attached hydrogens (tertiary/aromatic N) is 2. The van der Waals surface area contributed by atoms with E-state index in [1.165, 1.54) is 24.4 Å². The van der Waals surface area contributed by atoms with Crippen LogP contribution in [0.5, 0.6) is 5.75 Å². The number of pyridine rings is 2. The second-order valence-corrected chi connectivity index (χ2v) is 6.58. The minimum Gasteiger partial charge on any atom is -0.403 e. The highest BCUT2D eigenvalue weighted by atomic mass is 19.4. The van der Waals surface area contributed by atoms with Gasteiger partial charge in [0.05, 0.1) is 6.04 Å². The maximum atomic E-state index is 14.4. The van der Waals surface area contributed by atoms with Gasteiger partial charge in [0, 0.05) is 6.20 Å². The number of rotatable bonds is 5. The molecule has 13 heteroatoms. The Kier molecular flexibility index (Phi) is 5.54. The number of amides is 1. The SMILES string of the molecule is O=C(N[C@@H](c1ccc(OC(F)(F)F)c(F)c1)c1ncccc1F)c1ccc2[nH]c(=O)oc2n1. The van der Waals surface area contributed by atoms with Crippen LogP contribution < -0.4 is 15.8 Å². The molecule has 4 aromatic rings. The predicted molar refractivity (Wildman–Crippen MR) is 101 cm³/mol. The summed E-state index contributed by atoms with van der Waals surface area (Å²) in [6.45, 7) is 0. The topological polar surface area (TPSA) is 110 Å². The van der Waals surface area contributed by atoms with Crippen molar-refractivity contribution < 1.29 is 35.9 Å². The first kappa shape index (κ1) is 21.9. The van der Waals surface area contributed by atoms with E-state index in [0.29, 0.717) is 12.1 Å². The van der Waals surface area contributed by atoms with Crippen LogP contribution in [-0.4, -0.2) is 27.2 Å². The van der Waals surface area contributed by atoms with E-state index in [-0.39, 0.29) is 28.2 Å². The third-order valence-corrected chi connectivity index (χ3v) is 4.37. The van der Waals surface area contributed by atoms with Gasteiger partial charge in [-0.05, 0) is 42.0 Å². The number of fused-ring (bicyclic) bond motifs is 1. The number of ether oxygens (including phenoxy) is 1. The zero-order valence-corrected chi connectivity index (χ0v) is 16.1. The van der Waals surface area contributed by atoms with Crippen LogP contribution in [0.15, 0.2) is 57.9 Å². The number of hydrogen-bond donors (Lipinski definition) is 2. The van der Waals surface area contributed by atoms with Crippen molar-refractivity contribution >= 4 is 17.1 Å². The van der Waals surface area contributed by atoms with Crippen molar-refractivity contribution in [3.8, 4) is 5.75 Å². The summed E-state index contributed by atoms with van der Waals surface area (Å²) in [7, 11) is 0. The van der Waals surface area contributed by atoms with Crippen LogP contribution in [0.25, 0.3) is 11.2 Å². The van der Waals surface area contributed by atoms with E-state index in [4.69, 9.17) is 4.42 Å². The summed E-state index contributed by atoms with van der Waals surface area (Å²) in [6.07, 6.45) is -3.91. The molecule has 8 nitrogen and oxygen atoms in total. The van der Waals surface area contributed by atoms with Crippen LogP contribution >= 0.6 is 0 Å². The average molecular weight is 466 g/mol. The number of alkyl halides is 3. The van der Waals surface area contributed by atoms with Crippen molar-refractivity contribution in [2.24, 2.45) is 0 Å². The molecule has 33 heavy (non-hydrogen) atoms. The molecule has 0 spiro atoms. The minimum absolute atomic E-state index is 0.123. The van der Waals surface area contributed by atoms with Gasteiger partial charge in [0.25, 0.3) is 5.91 Å². The fourth-order valence-electron chi connectivity index (χ4n) is 2.99. The smallest absolute Gasteiger partial charge is 0.403 e. The predicted octanol–water partition coefficient (Wildman–Crippen LogP) is 3.61. The highest BCUT2D eigenvalue weighted by Gasteiger charge is 2.33. The van der Waals surface area contributed by atoms with Crippen LogP contribution in [0, 0.1) is 11.6 Å². The lowest BCUT2D eigenvalue weighted by Crippen LogP contribution is -2.31. The molecule has 2 N–H and O–H groups in total. The zero-order valence-electron chi connectivity index (χ0n) is 16.1. The first-order valence-corrected chi connectivity index (χ1v) is 9.07. The second kappa shape index (κ2) is 8.33. The summed E-state index contributed by atoms with van der Waals surface area (Å²) >= 11 is 0. The Morgan fingerprint density at radius 2 is 1.91 bits per heavy atom. The molecule has 0 fully saturated rings. The molecule has 1 aromatic carbocycles. The largest absolute Gasteiger partial charge is 0.573 e. The van der Waals surface area contributed by atoms with E-state index in [0.717, 1.165) is 12.1 Å². The van der Waals surface area contributed by atoms with Gasteiger partial charge in [0.2, 0.25) is 5.71 Å². The molecule has 170 valence electrons. The van der Waals surface area contributed by atoms with Gasteiger partial charge in [-0.1, -0.05) is 6.07 Å². The Morgan fingerprint density at radius 1 is 1.12 bits per heavy atom. The highest BCUT2D eigenvalue weighted by molar-refractivity contribution is 5.94. The number of aromatic amines is 1.